The van der Waals surface area contributed by atoms with Gasteiger partial charge in [0.1, 0.15) is 5.82 Å². The van der Waals surface area contributed by atoms with Gasteiger partial charge in [0.05, 0.1) is 17.8 Å². The van der Waals surface area contributed by atoms with Crippen molar-refractivity contribution < 1.29 is 18.0 Å². The van der Waals surface area contributed by atoms with Crippen molar-refractivity contribution in [1.29, 1.82) is 0 Å². The number of benzene rings is 1. The number of alkyl halides is 3. The third-order valence-electron chi connectivity index (χ3n) is 5.39. The van der Waals surface area contributed by atoms with Gasteiger partial charge in [-0.25, -0.2) is 4.68 Å². The fourth-order valence-corrected chi connectivity index (χ4v) is 3.84. The number of carbonyl (C=O) groups is 1. The van der Waals surface area contributed by atoms with Crippen molar-refractivity contribution in [2.75, 3.05) is 5.32 Å². The normalized spacial score (nSPS) is 23.2. The fourth-order valence-electron chi connectivity index (χ4n) is 3.84. The molecule has 2 unspecified atom stereocenters. The largest absolute Gasteiger partial charge is 0.416 e. The smallest absolute Gasteiger partial charge is 0.311 e. The molecule has 2 aliphatic rings. The lowest BCUT2D eigenvalue weighted by Gasteiger charge is -2.14. The summed E-state index contributed by atoms with van der Waals surface area (Å²) < 4.78 is 39.8. The maximum absolute atomic E-state index is 12.6. The van der Waals surface area contributed by atoms with Crippen molar-refractivity contribution in [3.05, 3.63) is 47.7 Å². The lowest BCUT2D eigenvalue weighted by molar-refractivity contribution is -0.137. The second-order valence-corrected chi connectivity index (χ2v) is 7.16. The molecule has 0 bridgehead atoms. The second-order valence-electron chi connectivity index (χ2n) is 7.16. The summed E-state index contributed by atoms with van der Waals surface area (Å²) in [5.41, 5.74) is 0.116. The Morgan fingerprint density at radius 3 is 2.46 bits per heavy atom. The summed E-state index contributed by atoms with van der Waals surface area (Å²) in [5, 5.41) is 7.28. The minimum absolute atomic E-state index is 0.0138. The molecule has 7 heteroatoms. The molecule has 26 heavy (non-hydrogen) atoms. The summed E-state index contributed by atoms with van der Waals surface area (Å²) in [6.45, 7) is 0. The number of amides is 1. The van der Waals surface area contributed by atoms with Crippen LogP contribution in [-0.4, -0.2) is 15.7 Å². The van der Waals surface area contributed by atoms with Gasteiger partial charge >= 0.3 is 6.18 Å². The monoisotopic (exact) mass is 363 g/mol. The summed E-state index contributed by atoms with van der Waals surface area (Å²) in [6, 6.07) is 7.25. The molecule has 0 radical (unpaired) electrons. The lowest BCUT2D eigenvalue weighted by atomic mass is 10.1. The number of nitrogens with zero attached hydrogens (tertiary/aromatic N) is 2. The van der Waals surface area contributed by atoms with Crippen molar-refractivity contribution in [2.24, 2.45) is 5.92 Å². The van der Waals surface area contributed by atoms with Crippen LogP contribution in [0.5, 0.6) is 0 Å². The predicted octanol–water partition coefficient (Wildman–Crippen LogP) is 4.76. The Balaban J connectivity index is 1.40. The van der Waals surface area contributed by atoms with Gasteiger partial charge in [-0.15, -0.1) is 0 Å². The highest BCUT2D eigenvalue weighted by atomic mass is 19.4. The third-order valence-corrected chi connectivity index (χ3v) is 5.39. The standard InChI is InChI=1S/C19H20F3N3O/c20-19(21,22)13-7-5-12(6-8-13)15-11-16(15)18(26)24-17-9-10-23-25(17)14-3-1-2-4-14/h5-10,14-16H,1-4,11H2,(H,24,26). The first-order chi connectivity index (χ1) is 12.4. The molecule has 0 aliphatic heterocycles. The summed E-state index contributed by atoms with van der Waals surface area (Å²) in [4.78, 5) is 12.5. The van der Waals surface area contributed by atoms with E-state index in [0.717, 1.165) is 30.5 Å². The predicted molar refractivity (Wildman–Crippen MR) is 90.7 cm³/mol. The summed E-state index contributed by atoms with van der Waals surface area (Å²) in [7, 11) is 0. The maximum Gasteiger partial charge on any atom is 0.416 e. The molecule has 1 aromatic carbocycles. The molecular weight excluding hydrogens is 343 g/mol. The van der Waals surface area contributed by atoms with Gasteiger partial charge in [0.2, 0.25) is 5.91 Å². The van der Waals surface area contributed by atoms with Crippen LogP contribution < -0.4 is 5.32 Å². The van der Waals surface area contributed by atoms with Gasteiger partial charge in [-0.05, 0) is 42.9 Å². The highest BCUT2D eigenvalue weighted by Gasteiger charge is 2.44. The van der Waals surface area contributed by atoms with E-state index in [1.54, 1.807) is 12.3 Å². The van der Waals surface area contributed by atoms with Gasteiger partial charge in [-0.1, -0.05) is 25.0 Å². The van der Waals surface area contributed by atoms with E-state index >= 15 is 0 Å². The van der Waals surface area contributed by atoms with Crippen LogP contribution in [-0.2, 0) is 11.0 Å². The van der Waals surface area contributed by atoms with E-state index in [1.165, 1.54) is 25.0 Å². The number of rotatable bonds is 4. The first-order valence-corrected chi connectivity index (χ1v) is 8.95. The Bertz CT molecular complexity index is 791. The van der Waals surface area contributed by atoms with Crippen molar-refractivity contribution in [3.8, 4) is 0 Å². The van der Waals surface area contributed by atoms with Crippen LogP contribution in [0.4, 0.5) is 19.0 Å². The molecule has 2 saturated carbocycles. The topological polar surface area (TPSA) is 46.9 Å². The van der Waals surface area contributed by atoms with E-state index in [9.17, 15) is 18.0 Å². The molecule has 2 aromatic rings. The van der Waals surface area contributed by atoms with E-state index in [1.807, 2.05) is 4.68 Å². The van der Waals surface area contributed by atoms with Crippen LogP contribution in [0.15, 0.2) is 36.5 Å². The number of anilines is 1. The average Bonchev–Trinajstić information content (AvgIpc) is 2.99. The summed E-state index contributed by atoms with van der Waals surface area (Å²) >= 11 is 0. The minimum Gasteiger partial charge on any atom is -0.311 e. The van der Waals surface area contributed by atoms with Crippen LogP contribution in [0.25, 0.3) is 0 Å². The van der Waals surface area contributed by atoms with Gasteiger partial charge in [0, 0.05) is 12.0 Å². The Hall–Kier alpha value is -2.31. The van der Waals surface area contributed by atoms with E-state index in [4.69, 9.17) is 0 Å². The van der Waals surface area contributed by atoms with Gasteiger partial charge in [-0.3, -0.25) is 4.79 Å². The van der Waals surface area contributed by atoms with Gasteiger partial charge in [-0.2, -0.15) is 18.3 Å². The van der Waals surface area contributed by atoms with Gasteiger partial charge in [0.25, 0.3) is 0 Å². The second kappa shape index (κ2) is 6.45. The number of hydrogen-bond donors (Lipinski definition) is 1. The molecule has 4 nitrogen and oxygen atoms in total. The molecule has 138 valence electrons. The first-order valence-electron chi connectivity index (χ1n) is 8.95. The molecular formula is C19H20F3N3O. The molecule has 2 fully saturated rings. The molecule has 1 aromatic heterocycles. The van der Waals surface area contributed by atoms with Crippen LogP contribution in [0.3, 0.4) is 0 Å². The van der Waals surface area contributed by atoms with Crippen LogP contribution in [0, 0.1) is 5.92 Å². The summed E-state index contributed by atoms with van der Waals surface area (Å²) in [5.74, 6) is 0.411. The molecule has 0 spiro atoms. The zero-order valence-corrected chi connectivity index (χ0v) is 14.2. The van der Waals surface area contributed by atoms with Gasteiger partial charge in [0.15, 0.2) is 0 Å². The zero-order chi connectivity index (χ0) is 18.3. The number of nitrogens with one attached hydrogen (secondary N) is 1. The molecule has 4 rings (SSSR count). The highest BCUT2D eigenvalue weighted by Crippen LogP contribution is 2.48. The molecule has 1 N–H and O–H groups in total. The quantitative estimate of drug-likeness (QED) is 0.851. The Kier molecular flexibility index (Phi) is 4.25. The number of carbonyl (C=O) groups excluding carboxylic acids is 1. The third kappa shape index (κ3) is 3.34. The minimum atomic E-state index is -4.34. The Labute approximate surface area is 149 Å². The van der Waals surface area contributed by atoms with E-state index < -0.39 is 11.7 Å². The van der Waals surface area contributed by atoms with Crippen molar-refractivity contribution in [3.63, 3.8) is 0 Å². The van der Waals surface area contributed by atoms with Crippen molar-refractivity contribution in [1.82, 2.24) is 9.78 Å². The molecule has 1 heterocycles. The Morgan fingerprint density at radius 2 is 1.81 bits per heavy atom. The van der Waals surface area contributed by atoms with E-state index in [-0.39, 0.29) is 17.7 Å². The Morgan fingerprint density at radius 1 is 1.12 bits per heavy atom. The first kappa shape index (κ1) is 17.1. The lowest BCUT2D eigenvalue weighted by Crippen LogP contribution is -2.19. The van der Waals surface area contributed by atoms with Crippen LogP contribution >= 0.6 is 0 Å². The SMILES string of the molecule is O=C(Nc1ccnn1C1CCCC1)C1CC1c1ccc(C(F)(F)F)cc1. The number of aromatic nitrogens is 2. The van der Waals surface area contributed by atoms with Crippen molar-refractivity contribution in [2.45, 2.75) is 50.2 Å². The molecule has 2 atom stereocenters. The number of halogens is 3. The van der Waals surface area contributed by atoms with E-state index in [0.29, 0.717) is 18.3 Å². The van der Waals surface area contributed by atoms with Gasteiger partial charge < -0.3 is 5.32 Å². The average molecular weight is 363 g/mol. The zero-order valence-electron chi connectivity index (χ0n) is 14.2. The molecule has 0 saturated heterocycles. The maximum atomic E-state index is 12.6. The summed E-state index contributed by atoms with van der Waals surface area (Å²) in [6.07, 6.45) is 2.51. The van der Waals surface area contributed by atoms with Crippen molar-refractivity contribution >= 4 is 11.7 Å². The molecule has 1 amide bonds. The van der Waals surface area contributed by atoms with E-state index in [2.05, 4.69) is 10.4 Å². The molecule has 2 aliphatic carbocycles. The van der Waals surface area contributed by atoms with Crippen LogP contribution in [0.2, 0.25) is 0 Å². The van der Waals surface area contributed by atoms with Crippen LogP contribution in [0.1, 0.15) is 55.2 Å². The number of hydrogen-bond acceptors (Lipinski definition) is 2. The highest BCUT2D eigenvalue weighted by molar-refractivity contribution is 5.94. The fraction of sp³-hybridized carbons (Fsp3) is 0.474.